The molecule has 1 aromatic carbocycles. The van der Waals surface area contributed by atoms with Gasteiger partial charge in [-0.05, 0) is 55.2 Å². The van der Waals surface area contributed by atoms with Gasteiger partial charge in [0.1, 0.15) is 11.6 Å². The van der Waals surface area contributed by atoms with E-state index < -0.39 is 17.6 Å². The van der Waals surface area contributed by atoms with Gasteiger partial charge < -0.3 is 10.2 Å². The second-order valence-electron chi connectivity index (χ2n) is 8.26. The summed E-state index contributed by atoms with van der Waals surface area (Å²) in [4.78, 5) is 27.5. The van der Waals surface area contributed by atoms with Gasteiger partial charge in [-0.2, -0.15) is 13.2 Å². The molecular weight excluding hydrogens is 450 g/mol. The second-order valence-corrected chi connectivity index (χ2v) is 8.26. The molecule has 1 unspecified atom stereocenters. The standard InChI is InChI=1S/C24H23F4N5O/c1-15-4-2-11-33(20(15)14-32-21-8-5-16(13-31-21)24(26,27)28)23(34)19-12-17(25)6-7-18(19)22-29-9-3-10-30-22/h3,5-10,12-13,15,20H,2,4,11,14H2,1H3,(H,31,32)/t15?,20-/m1/s1. The predicted octanol–water partition coefficient (Wildman–Crippen LogP) is 5.05. The van der Waals surface area contributed by atoms with E-state index in [1.807, 2.05) is 6.92 Å². The highest BCUT2D eigenvalue weighted by molar-refractivity contribution is 6.00. The van der Waals surface area contributed by atoms with Crippen LogP contribution >= 0.6 is 0 Å². The van der Waals surface area contributed by atoms with Gasteiger partial charge in [0.25, 0.3) is 5.91 Å². The summed E-state index contributed by atoms with van der Waals surface area (Å²) in [5.41, 5.74) is -0.234. The van der Waals surface area contributed by atoms with Gasteiger partial charge in [0.05, 0.1) is 17.2 Å². The summed E-state index contributed by atoms with van der Waals surface area (Å²) in [6.45, 7) is 2.78. The Labute approximate surface area is 194 Å². The van der Waals surface area contributed by atoms with E-state index in [0.29, 0.717) is 17.9 Å². The molecule has 178 valence electrons. The Morgan fingerprint density at radius 3 is 2.59 bits per heavy atom. The fraction of sp³-hybridized carbons (Fsp3) is 0.333. The molecule has 0 aliphatic carbocycles. The largest absolute Gasteiger partial charge is 0.417 e. The van der Waals surface area contributed by atoms with E-state index >= 15 is 0 Å². The number of aromatic nitrogens is 3. The van der Waals surface area contributed by atoms with Crippen molar-refractivity contribution in [3.8, 4) is 11.4 Å². The van der Waals surface area contributed by atoms with E-state index in [2.05, 4.69) is 20.3 Å². The van der Waals surface area contributed by atoms with Gasteiger partial charge in [0.2, 0.25) is 0 Å². The quantitative estimate of drug-likeness (QED) is 0.525. The first-order valence-corrected chi connectivity index (χ1v) is 10.9. The number of hydrogen-bond donors (Lipinski definition) is 1. The summed E-state index contributed by atoms with van der Waals surface area (Å²) in [5.74, 6) is -0.177. The zero-order valence-electron chi connectivity index (χ0n) is 18.4. The number of carbonyl (C=O) groups is 1. The number of benzene rings is 1. The minimum absolute atomic E-state index is 0.115. The molecule has 1 aliphatic heterocycles. The molecular formula is C24H23F4N5O. The molecule has 10 heteroatoms. The molecule has 1 amide bonds. The third-order valence-electron chi connectivity index (χ3n) is 5.98. The van der Waals surface area contributed by atoms with Crippen LogP contribution in [0.4, 0.5) is 23.4 Å². The van der Waals surface area contributed by atoms with Crippen molar-refractivity contribution in [2.45, 2.75) is 32.0 Å². The van der Waals surface area contributed by atoms with Crippen LogP contribution in [0.25, 0.3) is 11.4 Å². The summed E-state index contributed by atoms with van der Waals surface area (Å²) in [5, 5.41) is 3.05. The summed E-state index contributed by atoms with van der Waals surface area (Å²) in [6.07, 6.45) is 1.08. The van der Waals surface area contributed by atoms with Crippen LogP contribution < -0.4 is 5.32 Å². The summed E-state index contributed by atoms with van der Waals surface area (Å²) in [6, 6.07) is 7.55. The van der Waals surface area contributed by atoms with Crippen LogP contribution in [0.5, 0.6) is 0 Å². The van der Waals surface area contributed by atoms with Gasteiger partial charge in [-0.3, -0.25) is 4.79 Å². The fourth-order valence-electron chi connectivity index (χ4n) is 4.17. The second kappa shape index (κ2) is 9.74. The molecule has 0 spiro atoms. The zero-order valence-corrected chi connectivity index (χ0v) is 18.4. The average Bonchev–Trinajstić information content (AvgIpc) is 2.83. The minimum Gasteiger partial charge on any atom is -0.368 e. The Morgan fingerprint density at radius 2 is 1.91 bits per heavy atom. The number of pyridine rings is 1. The van der Waals surface area contributed by atoms with Crippen LogP contribution in [-0.4, -0.2) is 44.9 Å². The van der Waals surface area contributed by atoms with Crippen molar-refractivity contribution < 1.29 is 22.4 Å². The first kappa shape index (κ1) is 23.6. The first-order valence-electron chi connectivity index (χ1n) is 10.9. The van der Waals surface area contributed by atoms with Gasteiger partial charge >= 0.3 is 6.18 Å². The summed E-state index contributed by atoms with van der Waals surface area (Å²) in [7, 11) is 0. The lowest BCUT2D eigenvalue weighted by molar-refractivity contribution is -0.137. The number of nitrogens with zero attached hydrogens (tertiary/aromatic N) is 4. The molecule has 0 radical (unpaired) electrons. The van der Waals surface area contributed by atoms with Crippen molar-refractivity contribution in [3.05, 3.63) is 71.9 Å². The van der Waals surface area contributed by atoms with Gasteiger partial charge in [-0.25, -0.2) is 19.3 Å². The Balaban J connectivity index is 1.57. The first-order chi connectivity index (χ1) is 16.2. The molecule has 34 heavy (non-hydrogen) atoms. The van der Waals surface area contributed by atoms with Crippen LogP contribution in [0.2, 0.25) is 0 Å². The van der Waals surface area contributed by atoms with Crippen molar-refractivity contribution in [3.63, 3.8) is 0 Å². The number of anilines is 1. The van der Waals surface area contributed by atoms with E-state index in [1.54, 1.807) is 23.4 Å². The lowest BCUT2D eigenvalue weighted by Crippen LogP contribution is -2.51. The van der Waals surface area contributed by atoms with Crippen LogP contribution in [0, 0.1) is 11.7 Å². The van der Waals surface area contributed by atoms with Crippen molar-refractivity contribution >= 4 is 11.7 Å². The molecule has 6 nitrogen and oxygen atoms in total. The molecule has 3 heterocycles. The number of alkyl halides is 3. The third-order valence-corrected chi connectivity index (χ3v) is 5.98. The number of hydrogen-bond acceptors (Lipinski definition) is 5. The molecule has 3 aromatic rings. The Morgan fingerprint density at radius 1 is 1.15 bits per heavy atom. The van der Waals surface area contributed by atoms with Gasteiger partial charge in [0, 0.05) is 37.2 Å². The molecule has 1 saturated heterocycles. The van der Waals surface area contributed by atoms with Crippen LogP contribution in [-0.2, 0) is 6.18 Å². The average molecular weight is 473 g/mol. The maximum Gasteiger partial charge on any atom is 0.417 e. The maximum absolute atomic E-state index is 14.1. The van der Waals surface area contributed by atoms with Crippen molar-refractivity contribution in [1.82, 2.24) is 19.9 Å². The Bertz CT molecular complexity index is 1140. The number of piperidine rings is 1. The van der Waals surface area contributed by atoms with Gasteiger partial charge in [0.15, 0.2) is 5.82 Å². The molecule has 2 atom stereocenters. The third kappa shape index (κ3) is 5.16. The van der Waals surface area contributed by atoms with E-state index in [1.165, 1.54) is 24.3 Å². The van der Waals surface area contributed by atoms with Crippen molar-refractivity contribution in [2.75, 3.05) is 18.4 Å². The highest BCUT2D eigenvalue weighted by atomic mass is 19.4. The van der Waals surface area contributed by atoms with Crippen LogP contribution in [0.15, 0.2) is 55.0 Å². The number of nitrogens with one attached hydrogen (secondary N) is 1. The predicted molar refractivity (Wildman–Crippen MR) is 118 cm³/mol. The maximum atomic E-state index is 14.1. The molecule has 1 aliphatic rings. The molecule has 1 N–H and O–H groups in total. The summed E-state index contributed by atoms with van der Waals surface area (Å²) < 4.78 is 52.5. The van der Waals surface area contributed by atoms with E-state index in [9.17, 15) is 22.4 Å². The van der Waals surface area contributed by atoms with E-state index in [4.69, 9.17) is 0 Å². The lowest BCUT2D eigenvalue weighted by Gasteiger charge is -2.40. The smallest absolute Gasteiger partial charge is 0.368 e. The molecule has 0 bridgehead atoms. The number of amides is 1. The van der Waals surface area contributed by atoms with Crippen molar-refractivity contribution in [1.29, 1.82) is 0 Å². The van der Waals surface area contributed by atoms with E-state index in [0.717, 1.165) is 25.1 Å². The Hall–Kier alpha value is -3.56. The highest BCUT2D eigenvalue weighted by Gasteiger charge is 2.34. The molecule has 0 saturated carbocycles. The van der Waals surface area contributed by atoms with Crippen molar-refractivity contribution in [2.24, 2.45) is 5.92 Å². The summed E-state index contributed by atoms with van der Waals surface area (Å²) >= 11 is 0. The molecule has 2 aromatic heterocycles. The van der Waals surface area contributed by atoms with Crippen LogP contribution in [0.3, 0.4) is 0 Å². The van der Waals surface area contributed by atoms with Gasteiger partial charge in [-0.15, -0.1) is 0 Å². The molecule has 4 rings (SSSR count). The number of rotatable bonds is 5. The Kier molecular flexibility index (Phi) is 6.76. The highest BCUT2D eigenvalue weighted by Crippen LogP contribution is 2.30. The topological polar surface area (TPSA) is 71.0 Å². The zero-order chi connectivity index (χ0) is 24.3. The number of carbonyl (C=O) groups excluding carboxylic acids is 1. The normalized spacial score (nSPS) is 18.6. The number of halogens is 4. The van der Waals surface area contributed by atoms with Crippen LogP contribution in [0.1, 0.15) is 35.7 Å². The number of likely N-dealkylation sites (tertiary alicyclic amines) is 1. The monoisotopic (exact) mass is 473 g/mol. The SMILES string of the molecule is CC1CCCN(C(=O)c2cc(F)ccc2-c2ncccn2)[C@@H]1CNc1ccc(C(F)(F)F)cn1. The molecule has 1 fully saturated rings. The lowest BCUT2D eigenvalue weighted by atomic mass is 9.89. The minimum atomic E-state index is -4.46. The fourth-order valence-corrected chi connectivity index (χ4v) is 4.17. The van der Waals surface area contributed by atoms with Gasteiger partial charge in [-0.1, -0.05) is 6.92 Å². The van der Waals surface area contributed by atoms with E-state index in [-0.39, 0.29) is 35.8 Å².